The van der Waals surface area contributed by atoms with E-state index in [4.69, 9.17) is 11.6 Å². The van der Waals surface area contributed by atoms with Gasteiger partial charge in [0.1, 0.15) is 5.75 Å². The van der Waals surface area contributed by atoms with Gasteiger partial charge in [-0.1, -0.05) is 24.3 Å². The molecule has 0 bridgehead atoms. The van der Waals surface area contributed by atoms with Gasteiger partial charge < -0.3 is 10.1 Å². The molecular weight excluding hydrogens is 300 g/mol. The summed E-state index contributed by atoms with van der Waals surface area (Å²) in [5.41, 5.74) is 1.47. The van der Waals surface area contributed by atoms with Crippen LogP contribution in [0.4, 0.5) is 14.5 Å². The average molecular weight is 312 g/mol. The van der Waals surface area contributed by atoms with E-state index in [0.29, 0.717) is 11.4 Å². The Balaban J connectivity index is 2.15. The maximum absolute atomic E-state index is 12.3. The van der Waals surface area contributed by atoms with Gasteiger partial charge in [0, 0.05) is 11.4 Å². The van der Waals surface area contributed by atoms with E-state index in [9.17, 15) is 13.6 Å². The number of ether oxygens (including phenoxy) is 1. The molecule has 0 unspecified atom stereocenters. The van der Waals surface area contributed by atoms with Gasteiger partial charge >= 0.3 is 6.61 Å². The van der Waals surface area contributed by atoms with Crippen LogP contribution in [0.5, 0.6) is 5.75 Å². The van der Waals surface area contributed by atoms with Gasteiger partial charge in [0.2, 0.25) is 0 Å². The predicted molar refractivity (Wildman–Crippen MR) is 77.0 cm³/mol. The number of hydrogen-bond donors (Lipinski definition) is 1. The first-order chi connectivity index (χ1) is 10.1. The largest absolute Gasteiger partial charge is 0.433 e. The van der Waals surface area contributed by atoms with Crippen LogP contribution in [-0.4, -0.2) is 12.5 Å². The number of carbonyl (C=O) groups excluding carboxylic acids is 1. The summed E-state index contributed by atoms with van der Waals surface area (Å²) in [6, 6.07) is 12.7. The van der Waals surface area contributed by atoms with Crippen molar-refractivity contribution in [3.63, 3.8) is 0 Å². The number of anilines is 1. The van der Waals surface area contributed by atoms with Crippen LogP contribution in [0.1, 0.15) is 15.9 Å². The molecule has 0 saturated heterocycles. The Labute approximate surface area is 125 Å². The third-order valence-corrected chi connectivity index (χ3v) is 3.03. The van der Waals surface area contributed by atoms with Gasteiger partial charge in [0.25, 0.3) is 5.91 Å². The molecule has 2 aromatic carbocycles. The molecule has 0 heterocycles. The fourth-order valence-electron chi connectivity index (χ4n) is 1.71. The highest BCUT2D eigenvalue weighted by atomic mass is 35.5. The summed E-state index contributed by atoms with van der Waals surface area (Å²) >= 11 is 5.67. The number of halogens is 3. The number of hydrogen-bond acceptors (Lipinski definition) is 2. The van der Waals surface area contributed by atoms with Gasteiger partial charge in [-0.05, 0) is 29.8 Å². The van der Waals surface area contributed by atoms with Crippen molar-refractivity contribution in [2.75, 3.05) is 5.32 Å². The van der Waals surface area contributed by atoms with Crippen molar-refractivity contribution in [1.82, 2.24) is 0 Å². The molecule has 21 heavy (non-hydrogen) atoms. The topological polar surface area (TPSA) is 38.3 Å². The van der Waals surface area contributed by atoms with Crippen LogP contribution in [0.3, 0.4) is 0 Å². The molecule has 110 valence electrons. The summed E-state index contributed by atoms with van der Waals surface area (Å²) < 4.78 is 28.9. The molecule has 0 aromatic heterocycles. The standard InChI is InChI=1S/C15H12ClF2NO2/c16-9-10-5-7-11(8-6-10)14(20)19-12-3-1-2-4-13(12)21-15(17)18/h1-8,15H,9H2,(H,19,20). The lowest BCUT2D eigenvalue weighted by Crippen LogP contribution is -2.13. The van der Waals surface area contributed by atoms with Crippen molar-refractivity contribution in [1.29, 1.82) is 0 Å². The van der Waals surface area contributed by atoms with E-state index in [1.54, 1.807) is 36.4 Å². The van der Waals surface area contributed by atoms with Gasteiger partial charge in [-0.2, -0.15) is 8.78 Å². The monoisotopic (exact) mass is 311 g/mol. The summed E-state index contributed by atoms with van der Waals surface area (Å²) in [6.45, 7) is -2.95. The molecule has 0 aliphatic carbocycles. The molecule has 1 N–H and O–H groups in total. The van der Waals surface area contributed by atoms with E-state index in [1.165, 1.54) is 12.1 Å². The second-order valence-corrected chi connectivity index (χ2v) is 4.43. The Hall–Kier alpha value is -2.14. The van der Waals surface area contributed by atoms with Crippen molar-refractivity contribution < 1.29 is 18.3 Å². The molecule has 0 fully saturated rings. The van der Waals surface area contributed by atoms with Gasteiger partial charge in [-0.3, -0.25) is 4.79 Å². The number of amides is 1. The lowest BCUT2D eigenvalue weighted by molar-refractivity contribution is -0.0493. The van der Waals surface area contributed by atoms with Gasteiger partial charge in [-0.15, -0.1) is 11.6 Å². The van der Waals surface area contributed by atoms with Crippen molar-refractivity contribution >= 4 is 23.2 Å². The number of nitrogens with one attached hydrogen (secondary N) is 1. The Morgan fingerprint density at radius 2 is 1.81 bits per heavy atom. The SMILES string of the molecule is O=C(Nc1ccccc1OC(F)F)c1ccc(CCl)cc1. The first kappa shape index (κ1) is 15.3. The highest BCUT2D eigenvalue weighted by Crippen LogP contribution is 2.26. The number of para-hydroxylation sites is 2. The van der Waals surface area contributed by atoms with E-state index in [0.717, 1.165) is 5.56 Å². The molecule has 0 radical (unpaired) electrons. The summed E-state index contributed by atoms with van der Waals surface area (Å²) in [7, 11) is 0. The van der Waals surface area contributed by atoms with Crippen LogP contribution in [0.2, 0.25) is 0 Å². The lowest BCUT2D eigenvalue weighted by Gasteiger charge is -2.11. The number of rotatable bonds is 5. The van der Waals surface area contributed by atoms with E-state index in [1.807, 2.05) is 0 Å². The van der Waals surface area contributed by atoms with Crippen LogP contribution in [0.15, 0.2) is 48.5 Å². The summed E-state index contributed by atoms with van der Waals surface area (Å²) in [6.07, 6.45) is 0. The molecule has 0 aliphatic heterocycles. The maximum Gasteiger partial charge on any atom is 0.387 e. The second kappa shape index (κ2) is 7.04. The zero-order valence-corrected chi connectivity index (χ0v) is 11.6. The Morgan fingerprint density at radius 3 is 2.43 bits per heavy atom. The van der Waals surface area contributed by atoms with Crippen molar-refractivity contribution in [3.05, 3.63) is 59.7 Å². The van der Waals surface area contributed by atoms with Crippen LogP contribution >= 0.6 is 11.6 Å². The molecule has 0 atom stereocenters. The molecule has 0 aliphatic rings. The van der Waals surface area contributed by atoms with E-state index in [-0.39, 0.29) is 11.4 Å². The maximum atomic E-state index is 12.3. The first-order valence-corrected chi connectivity index (χ1v) is 6.63. The minimum Gasteiger partial charge on any atom is -0.433 e. The second-order valence-electron chi connectivity index (χ2n) is 4.16. The highest BCUT2D eigenvalue weighted by molar-refractivity contribution is 6.17. The molecule has 1 amide bonds. The Bertz CT molecular complexity index is 617. The van der Waals surface area contributed by atoms with Crippen molar-refractivity contribution in [3.8, 4) is 5.75 Å². The minimum absolute atomic E-state index is 0.0850. The normalized spacial score (nSPS) is 10.5. The van der Waals surface area contributed by atoms with E-state index < -0.39 is 12.5 Å². The van der Waals surface area contributed by atoms with Gasteiger partial charge in [0.05, 0.1) is 5.69 Å². The highest BCUT2D eigenvalue weighted by Gasteiger charge is 2.12. The molecular formula is C15H12ClF2NO2. The van der Waals surface area contributed by atoms with Crippen LogP contribution in [0, 0.1) is 0 Å². The van der Waals surface area contributed by atoms with Crippen LogP contribution in [-0.2, 0) is 5.88 Å². The molecule has 2 aromatic rings. The van der Waals surface area contributed by atoms with E-state index in [2.05, 4.69) is 10.1 Å². The summed E-state index contributed by atoms with van der Waals surface area (Å²) in [5.74, 6) is -0.146. The Kier molecular flexibility index (Phi) is 5.11. The van der Waals surface area contributed by atoms with Crippen LogP contribution in [0.25, 0.3) is 0 Å². The molecule has 2 rings (SSSR count). The number of carbonyl (C=O) groups is 1. The fraction of sp³-hybridized carbons (Fsp3) is 0.133. The molecule has 6 heteroatoms. The fourth-order valence-corrected chi connectivity index (χ4v) is 1.89. The zero-order chi connectivity index (χ0) is 15.2. The average Bonchev–Trinajstić information content (AvgIpc) is 2.49. The molecule has 0 spiro atoms. The molecule has 0 saturated carbocycles. The van der Waals surface area contributed by atoms with Gasteiger partial charge in [0.15, 0.2) is 0 Å². The van der Waals surface area contributed by atoms with Crippen LogP contribution < -0.4 is 10.1 Å². The molecule has 3 nitrogen and oxygen atoms in total. The number of benzene rings is 2. The summed E-state index contributed by atoms with van der Waals surface area (Å²) in [4.78, 5) is 12.1. The van der Waals surface area contributed by atoms with Gasteiger partial charge in [-0.25, -0.2) is 0 Å². The van der Waals surface area contributed by atoms with Crippen molar-refractivity contribution in [2.45, 2.75) is 12.5 Å². The van der Waals surface area contributed by atoms with Crippen molar-refractivity contribution in [2.24, 2.45) is 0 Å². The number of alkyl halides is 3. The van der Waals surface area contributed by atoms with E-state index >= 15 is 0 Å². The Morgan fingerprint density at radius 1 is 1.14 bits per heavy atom. The first-order valence-electron chi connectivity index (χ1n) is 6.10. The minimum atomic E-state index is -2.95. The zero-order valence-electron chi connectivity index (χ0n) is 10.9. The summed E-state index contributed by atoms with van der Waals surface area (Å²) in [5, 5.41) is 2.54. The third kappa shape index (κ3) is 4.16. The smallest absolute Gasteiger partial charge is 0.387 e. The third-order valence-electron chi connectivity index (χ3n) is 2.72. The quantitative estimate of drug-likeness (QED) is 0.837. The lowest BCUT2D eigenvalue weighted by atomic mass is 10.1. The predicted octanol–water partition coefficient (Wildman–Crippen LogP) is 4.28.